The van der Waals surface area contributed by atoms with Crippen LogP contribution in [0.1, 0.15) is 61.8 Å². The highest BCUT2D eigenvalue weighted by molar-refractivity contribution is 7.44. The summed E-state index contributed by atoms with van der Waals surface area (Å²) in [5.74, 6) is -2.47. The van der Waals surface area contributed by atoms with E-state index in [2.05, 4.69) is 43.8 Å². The number of esters is 3. The summed E-state index contributed by atoms with van der Waals surface area (Å²) in [6.45, 7) is 14.3. The van der Waals surface area contributed by atoms with E-state index in [0.29, 0.717) is 13.2 Å². The highest BCUT2D eigenvalue weighted by Crippen LogP contribution is 2.45. The Morgan fingerprint density at radius 1 is 0.804 bits per heavy atom. The maximum atomic E-state index is 12.0. The van der Waals surface area contributed by atoms with Crippen LogP contribution in [0.2, 0.25) is 0 Å². The largest absolute Gasteiger partial charge is 0.463 e. The first-order chi connectivity index (χ1) is 21.8. The average Bonchev–Trinajstić information content (AvgIpc) is 2.94. The number of rotatable bonds is 22. The van der Waals surface area contributed by atoms with Gasteiger partial charge >= 0.3 is 17.9 Å². The van der Waals surface area contributed by atoms with Crippen molar-refractivity contribution >= 4 is 32.3 Å². The SMILES string of the molecule is CC(=O)NC1C(OC(C)=O)[C@@H](OC(C)=O)C(COC(C)=O)O[C@H]1OCCOCCOCCOP(OCCC#N)N(C(C)C)C(C)C. The fourth-order valence-corrected chi connectivity index (χ4v) is 6.04. The Morgan fingerprint density at radius 3 is 1.87 bits per heavy atom. The third-order valence-electron chi connectivity index (χ3n) is 6.04. The van der Waals surface area contributed by atoms with Crippen LogP contribution < -0.4 is 5.32 Å². The Morgan fingerprint density at radius 2 is 1.35 bits per heavy atom. The Kier molecular flexibility index (Phi) is 20.7. The zero-order valence-electron chi connectivity index (χ0n) is 28.1. The Hall–Kier alpha value is -2.48. The second kappa shape index (κ2) is 22.9. The summed E-state index contributed by atoms with van der Waals surface area (Å²) in [5.41, 5.74) is 0. The number of carbonyl (C=O) groups is 4. The van der Waals surface area contributed by atoms with Crippen molar-refractivity contribution in [3.8, 4) is 6.07 Å². The number of ether oxygens (including phenoxy) is 7. The van der Waals surface area contributed by atoms with Gasteiger partial charge in [-0.2, -0.15) is 5.26 Å². The molecule has 1 aliphatic rings. The molecule has 0 aromatic rings. The molecule has 4 unspecified atom stereocenters. The predicted molar refractivity (Wildman–Crippen MR) is 163 cm³/mol. The Bertz CT molecular complexity index is 973. The van der Waals surface area contributed by atoms with Crippen LogP contribution in [0.5, 0.6) is 0 Å². The first kappa shape index (κ1) is 41.5. The summed E-state index contributed by atoms with van der Waals surface area (Å²) in [7, 11) is -1.35. The highest BCUT2D eigenvalue weighted by atomic mass is 31.2. The van der Waals surface area contributed by atoms with E-state index in [1.807, 2.05) is 0 Å². The molecule has 264 valence electrons. The molecule has 1 amide bonds. The molecule has 0 aliphatic carbocycles. The van der Waals surface area contributed by atoms with Crippen LogP contribution in [0.4, 0.5) is 0 Å². The first-order valence-electron chi connectivity index (χ1n) is 15.2. The minimum Gasteiger partial charge on any atom is -0.463 e. The molecule has 1 aliphatic heterocycles. The molecule has 0 aromatic heterocycles. The molecule has 1 heterocycles. The van der Waals surface area contributed by atoms with Gasteiger partial charge in [-0.25, -0.2) is 4.67 Å². The molecule has 1 N–H and O–H groups in total. The van der Waals surface area contributed by atoms with Crippen molar-refractivity contribution in [2.24, 2.45) is 0 Å². The molecular weight excluding hydrogens is 629 g/mol. The van der Waals surface area contributed by atoms with Crippen molar-refractivity contribution in [1.82, 2.24) is 9.99 Å². The normalized spacial score (nSPS) is 21.9. The number of hydrogen-bond donors (Lipinski definition) is 1. The van der Waals surface area contributed by atoms with Crippen LogP contribution in [0.15, 0.2) is 0 Å². The van der Waals surface area contributed by atoms with Gasteiger partial charge in [-0.15, -0.1) is 0 Å². The number of nitriles is 1. The quantitative estimate of drug-likeness (QED) is 0.0756. The van der Waals surface area contributed by atoms with Gasteiger partial charge in [-0.1, -0.05) is 0 Å². The molecule has 16 nitrogen and oxygen atoms in total. The van der Waals surface area contributed by atoms with E-state index in [-0.39, 0.29) is 58.1 Å². The van der Waals surface area contributed by atoms with E-state index in [1.54, 1.807) is 0 Å². The predicted octanol–water partition coefficient (Wildman–Crippen LogP) is 1.98. The maximum Gasteiger partial charge on any atom is 0.303 e. The molecule has 46 heavy (non-hydrogen) atoms. The van der Waals surface area contributed by atoms with E-state index < -0.39 is 63.0 Å². The number of hydrogen-bond acceptors (Lipinski definition) is 15. The molecule has 0 aromatic carbocycles. The smallest absolute Gasteiger partial charge is 0.303 e. The van der Waals surface area contributed by atoms with Crippen LogP contribution in [-0.2, 0) is 61.4 Å². The van der Waals surface area contributed by atoms with Crippen molar-refractivity contribution < 1.29 is 61.4 Å². The monoisotopic (exact) mass is 679 g/mol. The second-order valence-electron chi connectivity index (χ2n) is 10.7. The fourth-order valence-electron chi connectivity index (χ4n) is 4.47. The van der Waals surface area contributed by atoms with E-state index in [9.17, 15) is 19.2 Å². The lowest BCUT2D eigenvalue weighted by Gasteiger charge is -2.44. The standard InChI is InChI=1S/C29H50N3O13P/c1-19(2)32(20(3)4)46(41-11-9-10-30)42-17-15-38-13-12-37-14-16-39-29-26(31-21(5)33)28(44-24(8)36)27(43-23(7)35)25(45-29)18-40-22(6)34/h19-20,25-29H,9,11-18H2,1-8H3,(H,31,33)/t25?,26?,27-,28?,29+,46?/m0/s1. The molecule has 6 atom stereocenters. The van der Waals surface area contributed by atoms with Crippen LogP contribution in [0.3, 0.4) is 0 Å². The average molecular weight is 680 g/mol. The summed E-state index contributed by atoms with van der Waals surface area (Å²) >= 11 is 0. The van der Waals surface area contributed by atoms with Gasteiger partial charge in [0.2, 0.25) is 5.91 Å². The summed E-state index contributed by atoms with van der Waals surface area (Å²) in [6, 6.07) is 1.40. The highest BCUT2D eigenvalue weighted by Gasteiger charge is 2.51. The molecular formula is C29H50N3O13P. The lowest BCUT2D eigenvalue weighted by molar-refractivity contribution is -0.279. The zero-order chi connectivity index (χ0) is 34.6. The van der Waals surface area contributed by atoms with Gasteiger partial charge in [0.05, 0.1) is 58.7 Å². The zero-order valence-corrected chi connectivity index (χ0v) is 28.9. The minimum absolute atomic E-state index is 0.0136. The van der Waals surface area contributed by atoms with Crippen molar-refractivity contribution in [3.63, 3.8) is 0 Å². The molecule has 17 heteroatoms. The summed E-state index contributed by atoms with van der Waals surface area (Å²) in [6.07, 6.45) is -4.35. The number of amides is 1. The minimum atomic E-state index is -1.35. The van der Waals surface area contributed by atoms with Crippen molar-refractivity contribution in [1.29, 1.82) is 5.26 Å². The van der Waals surface area contributed by atoms with Crippen LogP contribution >= 0.6 is 8.53 Å². The topological polar surface area (TPSA) is 190 Å². The maximum absolute atomic E-state index is 12.0. The second-order valence-corrected chi connectivity index (χ2v) is 12.1. The number of nitrogens with zero attached hydrogens (tertiary/aromatic N) is 2. The summed E-state index contributed by atoms with van der Waals surface area (Å²) in [5, 5.41) is 11.5. The van der Waals surface area contributed by atoms with Gasteiger partial charge in [-0.3, -0.25) is 19.2 Å². The van der Waals surface area contributed by atoms with Gasteiger partial charge in [0, 0.05) is 39.8 Å². The lowest BCUT2D eigenvalue weighted by atomic mass is 9.96. The van der Waals surface area contributed by atoms with Crippen molar-refractivity contribution in [2.75, 3.05) is 52.9 Å². The van der Waals surface area contributed by atoms with Crippen molar-refractivity contribution in [3.05, 3.63) is 0 Å². The van der Waals surface area contributed by atoms with E-state index in [1.165, 1.54) is 20.8 Å². The molecule has 1 saturated heterocycles. The summed E-state index contributed by atoms with van der Waals surface area (Å²) in [4.78, 5) is 47.3. The Labute approximate surface area is 272 Å². The van der Waals surface area contributed by atoms with Crippen LogP contribution in [0, 0.1) is 11.3 Å². The molecule has 0 saturated carbocycles. The van der Waals surface area contributed by atoms with Crippen molar-refractivity contribution in [2.45, 2.75) is 105 Å². The summed E-state index contributed by atoms with van der Waals surface area (Å²) < 4.78 is 52.8. The number of nitrogens with one attached hydrogen (secondary N) is 1. The third-order valence-corrected chi connectivity index (χ3v) is 8.15. The molecule has 0 bridgehead atoms. The molecule has 0 radical (unpaired) electrons. The molecule has 0 spiro atoms. The molecule has 1 rings (SSSR count). The Balaban J connectivity index is 2.65. The van der Waals surface area contributed by atoms with Gasteiger partial charge in [0.15, 0.2) is 18.5 Å². The van der Waals surface area contributed by atoms with Gasteiger partial charge in [0.1, 0.15) is 18.8 Å². The van der Waals surface area contributed by atoms with Gasteiger partial charge in [-0.05, 0) is 27.7 Å². The van der Waals surface area contributed by atoms with Gasteiger partial charge in [0.25, 0.3) is 8.53 Å². The van der Waals surface area contributed by atoms with Gasteiger partial charge < -0.3 is 47.5 Å². The lowest BCUT2D eigenvalue weighted by Crippen LogP contribution is -2.66. The van der Waals surface area contributed by atoms with E-state index in [0.717, 1.165) is 6.92 Å². The fraction of sp³-hybridized carbons (Fsp3) is 0.828. The van der Waals surface area contributed by atoms with Crippen LogP contribution in [-0.4, -0.2) is 124 Å². The van der Waals surface area contributed by atoms with E-state index >= 15 is 0 Å². The third kappa shape index (κ3) is 16.4. The van der Waals surface area contributed by atoms with Crippen LogP contribution in [0.25, 0.3) is 0 Å². The van der Waals surface area contributed by atoms with E-state index in [4.69, 9.17) is 47.5 Å². The number of carbonyl (C=O) groups excluding carboxylic acids is 4. The molecule has 1 fully saturated rings. The first-order valence-corrected chi connectivity index (χ1v) is 16.3.